The van der Waals surface area contributed by atoms with Crippen molar-refractivity contribution in [3.63, 3.8) is 0 Å². The van der Waals surface area contributed by atoms with E-state index in [1.165, 1.54) is 0 Å². The van der Waals surface area contributed by atoms with E-state index >= 15 is 0 Å². The van der Waals surface area contributed by atoms with Gasteiger partial charge >= 0.3 is 5.97 Å². The number of aryl methyl sites for hydroxylation is 1. The van der Waals surface area contributed by atoms with E-state index in [1.807, 2.05) is 61.5 Å². The normalized spacial score (nSPS) is 16.8. The summed E-state index contributed by atoms with van der Waals surface area (Å²) in [6, 6.07) is 19.9. The van der Waals surface area contributed by atoms with Gasteiger partial charge in [-0.3, -0.25) is 0 Å². The van der Waals surface area contributed by atoms with E-state index in [2.05, 4.69) is 32.2 Å². The fourth-order valence-electron chi connectivity index (χ4n) is 3.90. The van der Waals surface area contributed by atoms with Crippen LogP contribution in [-0.2, 0) is 11.2 Å². The number of aliphatic carboxylic acids is 1. The van der Waals surface area contributed by atoms with Crippen LogP contribution in [0, 0.1) is 23.7 Å². The predicted octanol–water partition coefficient (Wildman–Crippen LogP) is 5.48. The number of rotatable bonds is 5. The molecular formula is C26H28N2O2. The minimum absolute atomic E-state index is 0.0547. The van der Waals surface area contributed by atoms with E-state index in [0.717, 1.165) is 22.4 Å². The van der Waals surface area contributed by atoms with E-state index < -0.39 is 11.9 Å². The first kappa shape index (κ1) is 21.4. The first-order valence-electron chi connectivity index (χ1n) is 10.2. The Morgan fingerprint density at radius 3 is 2.23 bits per heavy atom. The Morgan fingerprint density at radius 2 is 1.70 bits per heavy atom. The van der Waals surface area contributed by atoms with Crippen LogP contribution in [0.5, 0.6) is 0 Å². The maximum Gasteiger partial charge on any atom is 0.334 e. The van der Waals surface area contributed by atoms with Crippen molar-refractivity contribution in [1.29, 1.82) is 5.26 Å². The van der Waals surface area contributed by atoms with Gasteiger partial charge in [0.15, 0.2) is 0 Å². The molecular weight excluding hydrogens is 372 g/mol. The number of carboxylic acid groups (broad SMARTS) is 1. The Labute approximate surface area is 178 Å². The molecule has 154 valence electrons. The number of hydrogen-bond donors (Lipinski definition) is 2. The van der Waals surface area contributed by atoms with Crippen LogP contribution in [0.3, 0.4) is 0 Å². The summed E-state index contributed by atoms with van der Waals surface area (Å²) in [4.78, 5) is 12.4. The summed E-state index contributed by atoms with van der Waals surface area (Å²) in [7, 11) is 0. The van der Waals surface area contributed by atoms with Gasteiger partial charge in [0.2, 0.25) is 0 Å². The second-order valence-corrected chi connectivity index (χ2v) is 9.07. The number of allylic oxidation sites excluding steroid dienone is 3. The van der Waals surface area contributed by atoms with Crippen molar-refractivity contribution < 1.29 is 9.90 Å². The lowest BCUT2D eigenvalue weighted by atomic mass is 9.77. The Bertz CT molecular complexity index is 1030. The average molecular weight is 401 g/mol. The summed E-state index contributed by atoms with van der Waals surface area (Å²) >= 11 is 0. The van der Waals surface area contributed by atoms with Crippen LogP contribution in [0.15, 0.2) is 77.1 Å². The molecule has 0 spiro atoms. The van der Waals surface area contributed by atoms with Crippen molar-refractivity contribution >= 4 is 5.97 Å². The van der Waals surface area contributed by atoms with Gasteiger partial charge in [-0.15, -0.1) is 0 Å². The Balaban J connectivity index is 2.20. The van der Waals surface area contributed by atoms with Crippen molar-refractivity contribution in [2.24, 2.45) is 5.41 Å². The van der Waals surface area contributed by atoms with Gasteiger partial charge in [0.05, 0.1) is 23.1 Å². The molecule has 0 aliphatic carbocycles. The maximum absolute atomic E-state index is 12.4. The largest absolute Gasteiger partial charge is 0.478 e. The van der Waals surface area contributed by atoms with Gasteiger partial charge in [0, 0.05) is 17.8 Å². The fourth-order valence-corrected chi connectivity index (χ4v) is 3.90. The van der Waals surface area contributed by atoms with Gasteiger partial charge in [-0.05, 0) is 29.9 Å². The highest BCUT2D eigenvalue weighted by Crippen LogP contribution is 2.41. The second-order valence-electron chi connectivity index (χ2n) is 9.07. The number of nitrogens with one attached hydrogen (secondary N) is 1. The van der Waals surface area contributed by atoms with Crippen molar-refractivity contribution in [1.82, 2.24) is 5.32 Å². The van der Waals surface area contributed by atoms with Crippen LogP contribution < -0.4 is 5.32 Å². The van der Waals surface area contributed by atoms with Crippen molar-refractivity contribution in [2.75, 3.05) is 0 Å². The standard InChI is InChI=1S/C26H28N2O2/c1-17-10-12-19(13-11-17)23-20(16-27)22(15-26(2,3)4)28-21(24(23)25(29)30)14-18-8-6-5-7-9-18/h5-13,23,28H,14-15H2,1-4H3,(H,29,30). The van der Waals surface area contributed by atoms with Crippen LogP contribution in [0.1, 0.15) is 49.8 Å². The van der Waals surface area contributed by atoms with Crippen molar-refractivity contribution in [3.05, 3.63) is 93.8 Å². The van der Waals surface area contributed by atoms with Gasteiger partial charge in [0.25, 0.3) is 0 Å². The number of dihydropyridines is 1. The number of carbonyl (C=O) groups is 1. The summed E-state index contributed by atoms with van der Waals surface area (Å²) in [5.41, 5.74) is 5.09. The molecule has 0 amide bonds. The highest BCUT2D eigenvalue weighted by molar-refractivity contribution is 5.91. The molecule has 3 rings (SSSR count). The van der Waals surface area contributed by atoms with Crippen molar-refractivity contribution in [2.45, 2.75) is 46.5 Å². The van der Waals surface area contributed by atoms with Crippen molar-refractivity contribution in [3.8, 4) is 6.07 Å². The SMILES string of the molecule is Cc1ccc(C2C(C#N)=C(CC(C)(C)C)NC(Cc3ccccc3)=C2C(=O)O)cc1. The molecule has 0 saturated heterocycles. The quantitative estimate of drug-likeness (QED) is 0.697. The molecule has 1 heterocycles. The number of hydrogen-bond acceptors (Lipinski definition) is 3. The number of carboxylic acids is 1. The van der Waals surface area contributed by atoms with Gasteiger partial charge in [0.1, 0.15) is 0 Å². The molecule has 1 aliphatic heterocycles. The first-order chi connectivity index (χ1) is 14.2. The Morgan fingerprint density at radius 1 is 1.07 bits per heavy atom. The second kappa shape index (κ2) is 8.59. The van der Waals surface area contributed by atoms with Crippen LogP contribution in [0.2, 0.25) is 0 Å². The minimum atomic E-state index is -0.999. The molecule has 30 heavy (non-hydrogen) atoms. The third kappa shape index (κ3) is 4.80. The number of nitriles is 1. The summed E-state index contributed by atoms with van der Waals surface area (Å²) in [6.07, 6.45) is 1.13. The van der Waals surface area contributed by atoms with Crippen LogP contribution in [0.4, 0.5) is 0 Å². The molecule has 2 aromatic carbocycles. The molecule has 2 aromatic rings. The van der Waals surface area contributed by atoms with Crippen LogP contribution in [0.25, 0.3) is 0 Å². The predicted molar refractivity (Wildman–Crippen MR) is 119 cm³/mol. The number of nitrogens with zero attached hydrogens (tertiary/aromatic N) is 1. The molecule has 0 saturated carbocycles. The lowest BCUT2D eigenvalue weighted by Gasteiger charge is -2.33. The molecule has 1 atom stereocenters. The summed E-state index contributed by atoms with van der Waals surface area (Å²) in [5.74, 6) is -1.59. The summed E-state index contributed by atoms with van der Waals surface area (Å²) in [6.45, 7) is 8.34. The van der Waals surface area contributed by atoms with Gasteiger partial charge < -0.3 is 10.4 Å². The smallest absolute Gasteiger partial charge is 0.334 e. The average Bonchev–Trinajstić information content (AvgIpc) is 2.67. The molecule has 2 N–H and O–H groups in total. The Hall–Kier alpha value is -3.32. The molecule has 1 aliphatic rings. The molecule has 0 fully saturated rings. The summed E-state index contributed by atoms with van der Waals surface area (Å²) in [5, 5.41) is 23.6. The zero-order valence-electron chi connectivity index (χ0n) is 18.0. The first-order valence-corrected chi connectivity index (χ1v) is 10.2. The molecule has 0 bridgehead atoms. The summed E-state index contributed by atoms with van der Waals surface area (Å²) < 4.78 is 0. The maximum atomic E-state index is 12.4. The van der Waals surface area contributed by atoms with E-state index in [-0.39, 0.29) is 11.0 Å². The molecule has 4 heteroatoms. The van der Waals surface area contributed by atoms with E-state index in [4.69, 9.17) is 0 Å². The molecule has 4 nitrogen and oxygen atoms in total. The lowest BCUT2D eigenvalue weighted by molar-refractivity contribution is -0.133. The Kier molecular flexibility index (Phi) is 6.12. The highest BCUT2D eigenvalue weighted by Gasteiger charge is 2.36. The highest BCUT2D eigenvalue weighted by atomic mass is 16.4. The molecule has 0 radical (unpaired) electrons. The topological polar surface area (TPSA) is 73.1 Å². The zero-order valence-corrected chi connectivity index (χ0v) is 18.0. The molecule has 1 unspecified atom stereocenters. The molecule has 0 aromatic heterocycles. The van der Waals surface area contributed by atoms with Gasteiger partial charge in [-0.2, -0.15) is 5.26 Å². The van der Waals surface area contributed by atoms with Gasteiger partial charge in [-0.1, -0.05) is 80.9 Å². The zero-order chi connectivity index (χ0) is 21.9. The fraction of sp³-hybridized carbons (Fsp3) is 0.308. The van der Waals surface area contributed by atoms with E-state index in [9.17, 15) is 15.2 Å². The van der Waals surface area contributed by atoms with Gasteiger partial charge in [-0.25, -0.2) is 4.79 Å². The third-order valence-corrected chi connectivity index (χ3v) is 5.22. The van der Waals surface area contributed by atoms with E-state index in [0.29, 0.717) is 24.1 Å². The number of benzene rings is 2. The van der Waals surface area contributed by atoms with Crippen LogP contribution >= 0.6 is 0 Å². The lowest BCUT2D eigenvalue weighted by Crippen LogP contribution is -2.32. The minimum Gasteiger partial charge on any atom is -0.478 e. The van der Waals surface area contributed by atoms with E-state index in [1.54, 1.807) is 0 Å². The monoisotopic (exact) mass is 400 g/mol. The van der Waals surface area contributed by atoms with Crippen LogP contribution in [-0.4, -0.2) is 11.1 Å². The third-order valence-electron chi connectivity index (χ3n) is 5.22.